The fraction of sp³-hybridized carbons (Fsp3) is 0. The van der Waals surface area contributed by atoms with Gasteiger partial charge in [-0.25, -0.2) is 0 Å². The van der Waals surface area contributed by atoms with Crippen LogP contribution in [0.3, 0.4) is 0 Å². The second kappa shape index (κ2) is 3.97. The molecular weight excluding hydrogens is 74.1 g/mol. The Bertz CT molecular complexity index is 112. The van der Waals surface area contributed by atoms with Crippen LogP contribution in [0.1, 0.15) is 0 Å². The van der Waals surface area contributed by atoms with Gasteiger partial charge in [0, 0.05) is 5.87 Å². The summed E-state index contributed by atoms with van der Waals surface area (Å²) in [5.74, 6) is 1.94. The Hall–Kier alpha value is -1.03. The Morgan fingerprint density at radius 3 is 2.50 bits per heavy atom. The van der Waals surface area contributed by atoms with E-state index < -0.39 is 0 Å². The predicted molar refractivity (Wildman–Crippen MR) is 26.0 cm³/mol. The average Bonchev–Trinajstić information content (AvgIpc) is 1.61. The van der Waals surface area contributed by atoms with Crippen molar-refractivity contribution in [1.29, 1.82) is 5.41 Å². The van der Waals surface area contributed by atoms with E-state index in [-0.39, 0.29) is 0 Å². The fourth-order valence-electron chi connectivity index (χ4n) is 0.101. The minimum Gasteiger partial charge on any atom is -0.251 e. The van der Waals surface area contributed by atoms with Crippen molar-refractivity contribution >= 4 is 5.87 Å². The summed E-state index contributed by atoms with van der Waals surface area (Å²) < 4.78 is 0. The molecule has 0 spiro atoms. The highest BCUT2D eigenvalue weighted by Gasteiger charge is 1.40. The Morgan fingerprint density at radius 2 is 2.33 bits per heavy atom. The van der Waals surface area contributed by atoms with E-state index in [0.29, 0.717) is 0 Å². The predicted octanol–water partition coefficient (Wildman–Crippen LogP) is 1.13. The first-order chi connectivity index (χ1) is 2.91. The molecule has 0 amide bonds. The lowest BCUT2D eigenvalue weighted by atomic mass is 10.6. The average molecular weight is 79.1 g/mol. The first-order valence-electron chi connectivity index (χ1n) is 1.53. The van der Waals surface area contributed by atoms with Gasteiger partial charge in [-0.1, -0.05) is 18.4 Å². The highest BCUT2D eigenvalue weighted by molar-refractivity contribution is 5.46. The van der Waals surface area contributed by atoms with Gasteiger partial charge in [0.2, 0.25) is 0 Å². The molecule has 0 aromatic carbocycles. The third kappa shape index (κ3) is 2.97. The van der Waals surface area contributed by atoms with Crippen molar-refractivity contribution in [3.8, 4) is 0 Å². The van der Waals surface area contributed by atoms with Gasteiger partial charge in [-0.2, -0.15) is 0 Å². The molecule has 0 bridgehead atoms. The number of rotatable bonds is 1. The fourth-order valence-corrected chi connectivity index (χ4v) is 0.101. The molecule has 30 valence electrons. The van der Waals surface area contributed by atoms with E-state index in [4.69, 9.17) is 5.41 Å². The number of hydrogen-bond donors (Lipinski definition) is 1. The molecule has 0 atom stereocenters. The van der Waals surface area contributed by atoms with Crippen molar-refractivity contribution in [2.45, 2.75) is 0 Å². The summed E-state index contributed by atoms with van der Waals surface area (Å²) in [5.41, 5.74) is 2.37. The van der Waals surface area contributed by atoms with Crippen molar-refractivity contribution in [1.82, 2.24) is 0 Å². The lowest BCUT2D eigenvalue weighted by molar-refractivity contribution is 1.60. The van der Waals surface area contributed by atoms with Crippen molar-refractivity contribution in [3.05, 3.63) is 24.5 Å². The van der Waals surface area contributed by atoms with Crippen LogP contribution in [0.2, 0.25) is 0 Å². The molecule has 0 aliphatic heterocycles. The normalized spacial score (nSPS) is 4.67. The molecule has 1 N–H and O–H groups in total. The molecule has 1 nitrogen and oxygen atoms in total. The summed E-state index contributed by atoms with van der Waals surface area (Å²) in [6.45, 7) is 3.36. The summed E-state index contributed by atoms with van der Waals surface area (Å²) in [5, 5.41) is 6.27. The SMILES string of the molecule is C=CC=C=C=N. The van der Waals surface area contributed by atoms with E-state index in [1.54, 1.807) is 6.08 Å². The Kier molecular flexibility index (Phi) is 3.29. The minimum absolute atomic E-state index is 1.52. The van der Waals surface area contributed by atoms with Crippen LogP contribution in [0.4, 0.5) is 0 Å². The van der Waals surface area contributed by atoms with Crippen LogP contribution in [0.25, 0.3) is 0 Å². The maximum Gasteiger partial charge on any atom is 0.0303 e. The molecule has 0 radical (unpaired) electrons. The van der Waals surface area contributed by atoms with Gasteiger partial charge in [0.15, 0.2) is 0 Å². The van der Waals surface area contributed by atoms with Crippen LogP contribution < -0.4 is 0 Å². The lowest BCUT2D eigenvalue weighted by Gasteiger charge is -1.48. The third-order valence-corrected chi connectivity index (χ3v) is 0.273. The number of allylic oxidation sites excluding steroid dienone is 2. The molecule has 0 aromatic heterocycles. The van der Waals surface area contributed by atoms with Crippen molar-refractivity contribution in [2.24, 2.45) is 0 Å². The number of nitrogens with one attached hydrogen (secondary N) is 1. The highest BCUT2D eigenvalue weighted by atomic mass is 14.3. The molecule has 0 aliphatic carbocycles. The molecule has 0 fully saturated rings. The van der Waals surface area contributed by atoms with Gasteiger partial charge in [0.05, 0.1) is 0 Å². The van der Waals surface area contributed by atoms with Gasteiger partial charge in [-0.15, -0.1) is 0 Å². The van der Waals surface area contributed by atoms with Crippen LogP contribution in [-0.4, -0.2) is 5.87 Å². The monoisotopic (exact) mass is 79.0 g/mol. The molecule has 0 aliphatic rings. The Labute approximate surface area is 36.8 Å². The smallest absolute Gasteiger partial charge is 0.0303 e. The second-order valence-electron chi connectivity index (χ2n) is 0.672. The topological polar surface area (TPSA) is 23.9 Å². The zero-order chi connectivity index (χ0) is 4.83. The van der Waals surface area contributed by atoms with Crippen LogP contribution in [-0.2, 0) is 0 Å². The summed E-state index contributed by atoms with van der Waals surface area (Å²) >= 11 is 0. The summed E-state index contributed by atoms with van der Waals surface area (Å²) in [7, 11) is 0. The van der Waals surface area contributed by atoms with Gasteiger partial charge in [0.25, 0.3) is 0 Å². The molecule has 0 saturated heterocycles. The Balaban J connectivity index is 3.79. The largest absolute Gasteiger partial charge is 0.251 e. The molecule has 0 aromatic rings. The standard InChI is InChI=1S/C5H5N/c1-2-3-4-5-6/h2-3,6H,1H2. The first kappa shape index (κ1) is 4.97. The molecule has 0 heterocycles. The van der Waals surface area contributed by atoms with E-state index in [9.17, 15) is 0 Å². The zero-order valence-corrected chi connectivity index (χ0v) is 3.36. The summed E-state index contributed by atoms with van der Waals surface area (Å²) in [6.07, 6.45) is 3.06. The molecule has 0 unspecified atom stereocenters. The maximum absolute atomic E-state index is 6.27. The van der Waals surface area contributed by atoms with E-state index in [1.807, 2.05) is 5.87 Å². The quantitative estimate of drug-likeness (QED) is 0.277. The first-order valence-corrected chi connectivity index (χ1v) is 1.53. The molecule has 6 heavy (non-hydrogen) atoms. The van der Waals surface area contributed by atoms with E-state index in [0.717, 1.165) is 0 Å². The third-order valence-electron chi connectivity index (χ3n) is 0.273. The van der Waals surface area contributed by atoms with Gasteiger partial charge in [-0.3, -0.25) is 5.41 Å². The van der Waals surface area contributed by atoms with Crippen molar-refractivity contribution in [3.63, 3.8) is 0 Å². The molecular formula is C5H5N. The van der Waals surface area contributed by atoms with Crippen molar-refractivity contribution < 1.29 is 0 Å². The van der Waals surface area contributed by atoms with Crippen LogP contribution in [0.15, 0.2) is 24.5 Å². The maximum atomic E-state index is 6.27. The second-order valence-corrected chi connectivity index (χ2v) is 0.672. The summed E-state index contributed by atoms with van der Waals surface area (Å²) in [6, 6.07) is 0. The molecule has 0 saturated carbocycles. The van der Waals surface area contributed by atoms with E-state index >= 15 is 0 Å². The van der Waals surface area contributed by atoms with Crippen molar-refractivity contribution in [2.75, 3.05) is 0 Å². The van der Waals surface area contributed by atoms with E-state index in [1.165, 1.54) is 6.08 Å². The van der Waals surface area contributed by atoms with Gasteiger partial charge >= 0.3 is 0 Å². The van der Waals surface area contributed by atoms with Gasteiger partial charge in [0.1, 0.15) is 0 Å². The van der Waals surface area contributed by atoms with Gasteiger partial charge < -0.3 is 0 Å². The zero-order valence-electron chi connectivity index (χ0n) is 3.36. The Morgan fingerprint density at radius 1 is 1.67 bits per heavy atom. The van der Waals surface area contributed by atoms with Crippen LogP contribution in [0.5, 0.6) is 0 Å². The molecule has 0 rings (SSSR count). The minimum atomic E-state index is 1.52. The van der Waals surface area contributed by atoms with Crippen LogP contribution in [0, 0.1) is 5.41 Å². The van der Waals surface area contributed by atoms with Gasteiger partial charge in [-0.05, 0) is 6.08 Å². The summed E-state index contributed by atoms with van der Waals surface area (Å²) in [4.78, 5) is 0. The van der Waals surface area contributed by atoms with Crippen LogP contribution >= 0.6 is 0 Å². The van der Waals surface area contributed by atoms with E-state index in [2.05, 4.69) is 12.3 Å². The highest BCUT2D eigenvalue weighted by Crippen LogP contribution is 1.57. The molecule has 1 heteroatoms. The lowest BCUT2D eigenvalue weighted by Crippen LogP contribution is -1.34. The number of hydrogen-bond acceptors (Lipinski definition) is 1.